The van der Waals surface area contributed by atoms with E-state index in [2.05, 4.69) is 18.0 Å². The topological polar surface area (TPSA) is 55.0 Å². The number of hydrogen-bond donors (Lipinski definition) is 1. The molecule has 0 spiro atoms. The van der Waals surface area contributed by atoms with Crippen molar-refractivity contribution in [3.63, 3.8) is 0 Å². The van der Waals surface area contributed by atoms with Crippen LogP contribution in [0.5, 0.6) is 5.75 Å². The second-order valence-corrected chi connectivity index (χ2v) is 9.10. The van der Waals surface area contributed by atoms with E-state index in [1.807, 2.05) is 18.2 Å². The maximum Gasteiger partial charge on any atom is 0.260 e. The van der Waals surface area contributed by atoms with Gasteiger partial charge in [-0.2, -0.15) is 0 Å². The van der Waals surface area contributed by atoms with Crippen LogP contribution in [0, 0.1) is 6.92 Å². The quantitative estimate of drug-likeness (QED) is 0.340. The van der Waals surface area contributed by atoms with Gasteiger partial charge in [0.1, 0.15) is 10.6 Å². The summed E-state index contributed by atoms with van der Waals surface area (Å²) in [7, 11) is 0. The molecule has 142 valence electrons. The molecule has 4 nitrogen and oxygen atoms in total. The van der Waals surface area contributed by atoms with Gasteiger partial charge in [0.15, 0.2) is 5.16 Å². The molecule has 1 aromatic carbocycles. The van der Waals surface area contributed by atoms with E-state index in [1.54, 1.807) is 23.1 Å². The van der Waals surface area contributed by atoms with Crippen LogP contribution >= 0.6 is 23.1 Å². The average Bonchev–Trinajstić information content (AvgIpc) is 3.04. The van der Waals surface area contributed by atoms with Crippen molar-refractivity contribution in [2.75, 3.05) is 12.4 Å². The molecule has 1 aliphatic carbocycles. The first-order chi connectivity index (χ1) is 13.2. The van der Waals surface area contributed by atoms with Gasteiger partial charge in [-0.15, -0.1) is 11.3 Å². The Kier molecular flexibility index (Phi) is 5.83. The van der Waals surface area contributed by atoms with Gasteiger partial charge in [0, 0.05) is 10.6 Å². The Balaban J connectivity index is 1.30. The Morgan fingerprint density at radius 3 is 2.96 bits per heavy atom. The number of thioether (sulfide) groups is 1. The average molecular weight is 401 g/mol. The van der Waals surface area contributed by atoms with Crippen LogP contribution in [-0.2, 0) is 12.8 Å². The summed E-state index contributed by atoms with van der Waals surface area (Å²) in [6.45, 7) is 2.78. The molecule has 0 fully saturated rings. The molecule has 4 rings (SSSR count). The fourth-order valence-corrected chi connectivity index (χ4v) is 5.67. The standard InChI is InChI=1S/C21H24N2O2S2/c1-14-8-2-4-10-16(14)25-12-6-7-13-26-21-22-19(24)18-15-9-3-5-11-17(15)27-20(18)23-21/h2,4,8,10H,3,5-7,9,11-13H2,1H3,(H,22,23,24). The third-order valence-electron chi connectivity index (χ3n) is 4.93. The number of aromatic nitrogens is 2. The first-order valence-electron chi connectivity index (χ1n) is 9.58. The van der Waals surface area contributed by atoms with Crippen molar-refractivity contribution < 1.29 is 4.74 Å². The number of para-hydroxylation sites is 1. The van der Waals surface area contributed by atoms with Gasteiger partial charge < -0.3 is 9.72 Å². The zero-order valence-electron chi connectivity index (χ0n) is 15.5. The molecule has 0 saturated heterocycles. The summed E-state index contributed by atoms with van der Waals surface area (Å²) >= 11 is 3.34. The van der Waals surface area contributed by atoms with Crippen molar-refractivity contribution in [2.45, 2.75) is 50.6 Å². The lowest BCUT2D eigenvalue weighted by Gasteiger charge is -2.09. The number of aromatic amines is 1. The predicted octanol–water partition coefficient (Wildman–Crippen LogP) is 5.12. The maximum atomic E-state index is 12.5. The number of rotatable bonds is 7. The van der Waals surface area contributed by atoms with Gasteiger partial charge >= 0.3 is 0 Å². The lowest BCUT2D eigenvalue weighted by Crippen LogP contribution is -2.11. The number of thiophene rings is 1. The Hall–Kier alpha value is -1.79. The lowest BCUT2D eigenvalue weighted by molar-refractivity contribution is 0.308. The van der Waals surface area contributed by atoms with Gasteiger partial charge in [-0.05, 0) is 62.6 Å². The van der Waals surface area contributed by atoms with Gasteiger partial charge in [-0.25, -0.2) is 4.98 Å². The van der Waals surface area contributed by atoms with Gasteiger partial charge in [-0.3, -0.25) is 4.79 Å². The summed E-state index contributed by atoms with van der Waals surface area (Å²) in [5.74, 6) is 1.89. The molecular formula is C21H24N2O2S2. The Labute approximate surface area is 167 Å². The maximum absolute atomic E-state index is 12.5. The van der Waals surface area contributed by atoms with Crippen LogP contribution in [0.4, 0.5) is 0 Å². The van der Waals surface area contributed by atoms with E-state index in [0.717, 1.165) is 52.6 Å². The second-order valence-electron chi connectivity index (χ2n) is 6.93. The summed E-state index contributed by atoms with van der Waals surface area (Å²) in [5, 5.41) is 1.58. The first kappa shape index (κ1) is 18.6. The molecule has 0 amide bonds. The lowest BCUT2D eigenvalue weighted by atomic mass is 9.97. The predicted molar refractivity (Wildman–Crippen MR) is 114 cm³/mol. The van der Waals surface area contributed by atoms with Crippen LogP contribution in [-0.4, -0.2) is 22.3 Å². The largest absolute Gasteiger partial charge is 0.493 e. The number of benzene rings is 1. The summed E-state index contributed by atoms with van der Waals surface area (Å²) in [4.78, 5) is 22.5. The van der Waals surface area contributed by atoms with Crippen LogP contribution < -0.4 is 10.3 Å². The minimum Gasteiger partial charge on any atom is -0.493 e. The number of fused-ring (bicyclic) bond motifs is 3. The van der Waals surface area contributed by atoms with Crippen molar-refractivity contribution in [3.8, 4) is 5.75 Å². The molecular weight excluding hydrogens is 376 g/mol. The Morgan fingerprint density at radius 2 is 2.07 bits per heavy atom. The second kappa shape index (κ2) is 8.48. The molecule has 1 N–H and O–H groups in total. The molecule has 0 aliphatic heterocycles. The molecule has 27 heavy (non-hydrogen) atoms. The summed E-state index contributed by atoms with van der Waals surface area (Å²) < 4.78 is 5.83. The zero-order valence-corrected chi connectivity index (χ0v) is 17.2. The normalized spacial score (nSPS) is 13.7. The number of aryl methyl sites for hydroxylation is 3. The van der Waals surface area contributed by atoms with E-state index in [4.69, 9.17) is 9.72 Å². The molecule has 0 saturated carbocycles. The molecule has 0 unspecified atom stereocenters. The summed E-state index contributed by atoms with van der Waals surface area (Å²) in [5.41, 5.74) is 2.45. The van der Waals surface area contributed by atoms with Gasteiger partial charge in [0.2, 0.25) is 0 Å². The highest BCUT2D eigenvalue weighted by atomic mass is 32.2. The van der Waals surface area contributed by atoms with Crippen LogP contribution in [0.15, 0.2) is 34.2 Å². The Bertz CT molecular complexity index is 994. The molecule has 1 aliphatic rings. The summed E-state index contributed by atoms with van der Waals surface area (Å²) in [6, 6.07) is 8.09. The Morgan fingerprint density at radius 1 is 1.22 bits per heavy atom. The number of unbranched alkanes of at least 4 members (excludes halogenated alkanes) is 1. The SMILES string of the molecule is Cc1ccccc1OCCCCSc1nc2sc3c(c2c(=O)[nH]1)CCCC3. The number of H-pyrrole nitrogens is 1. The van der Waals surface area contributed by atoms with Gasteiger partial charge in [0.25, 0.3) is 5.56 Å². The monoisotopic (exact) mass is 400 g/mol. The van der Waals surface area contributed by atoms with Crippen LogP contribution in [0.3, 0.4) is 0 Å². The van der Waals surface area contributed by atoms with Gasteiger partial charge in [0.05, 0.1) is 12.0 Å². The van der Waals surface area contributed by atoms with Crippen LogP contribution in [0.1, 0.15) is 41.7 Å². The van der Waals surface area contributed by atoms with E-state index < -0.39 is 0 Å². The number of nitrogens with zero attached hydrogens (tertiary/aromatic N) is 1. The molecule has 0 bridgehead atoms. The van der Waals surface area contributed by atoms with Crippen molar-refractivity contribution in [1.29, 1.82) is 0 Å². The first-order valence-corrected chi connectivity index (χ1v) is 11.4. The fourth-order valence-electron chi connectivity index (χ4n) is 3.49. The molecule has 2 heterocycles. The number of hydrogen-bond acceptors (Lipinski definition) is 5. The smallest absolute Gasteiger partial charge is 0.260 e. The highest BCUT2D eigenvalue weighted by Crippen LogP contribution is 2.34. The molecule has 3 aromatic rings. The number of nitrogens with one attached hydrogen (secondary N) is 1. The zero-order chi connectivity index (χ0) is 18.6. The van der Waals surface area contributed by atoms with E-state index in [9.17, 15) is 4.79 Å². The van der Waals surface area contributed by atoms with Crippen molar-refractivity contribution >= 4 is 33.3 Å². The summed E-state index contributed by atoms with van der Waals surface area (Å²) in [6.07, 6.45) is 6.54. The van der Waals surface area contributed by atoms with E-state index in [-0.39, 0.29) is 5.56 Å². The third-order valence-corrected chi connectivity index (χ3v) is 7.08. The van der Waals surface area contributed by atoms with Gasteiger partial charge in [-0.1, -0.05) is 30.0 Å². The van der Waals surface area contributed by atoms with E-state index in [1.165, 1.54) is 28.8 Å². The van der Waals surface area contributed by atoms with Crippen molar-refractivity contribution in [1.82, 2.24) is 9.97 Å². The van der Waals surface area contributed by atoms with E-state index in [0.29, 0.717) is 6.61 Å². The van der Waals surface area contributed by atoms with Crippen molar-refractivity contribution in [2.24, 2.45) is 0 Å². The van der Waals surface area contributed by atoms with Crippen LogP contribution in [0.25, 0.3) is 10.2 Å². The minimum absolute atomic E-state index is 0.0322. The molecule has 6 heteroatoms. The highest BCUT2D eigenvalue weighted by Gasteiger charge is 2.19. The number of ether oxygens (including phenoxy) is 1. The molecule has 0 atom stereocenters. The molecule has 2 aromatic heterocycles. The highest BCUT2D eigenvalue weighted by molar-refractivity contribution is 7.99. The fraction of sp³-hybridized carbons (Fsp3) is 0.429. The van der Waals surface area contributed by atoms with Crippen molar-refractivity contribution in [3.05, 3.63) is 50.6 Å². The van der Waals surface area contributed by atoms with Crippen LogP contribution in [0.2, 0.25) is 0 Å². The third kappa shape index (κ3) is 4.22. The molecule has 0 radical (unpaired) electrons. The van der Waals surface area contributed by atoms with E-state index >= 15 is 0 Å². The minimum atomic E-state index is 0.0322.